The number of benzene rings is 1. The van der Waals surface area contributed by atoms with E-state index in [0.717, 1.165) is 25.7 Å². The molecule has 0 radical (unpaired) electrons. The lowest BCUT2D eigenvalue weighted by Gasteiger charge is -2.09. The molecule has 1 aromatic rings. The molecule has 0 saturated carbocycles. The van der Waals surface area contributed by atoms with Gasteiger partial charge in [-0.25, -0.2) is 0 Å². The molecule has 0 amide bonds. The van der Waals surface area contributed by atoms with Crippen molar-refractivity contribution in [2.24, 2.45) is 0 Å². The molecule has 0 heterocycles. The quantitative estimate of drug-likeness (QED) is 0.294. The summed E-state index contributed by atoms with van der Waals surface area (Å²) >= 11 is 0. The lowest BCUT2D eigenvalue weighted by Crippen LogP contribution is -2.20. The largest absolute Gasteiger partial charge is 0.264 e. The number of rotatable bonds is 12. The first-order valence-electron chi connectivity index (χ1n) is 8.41. The van der Waals surface area contributed by atoms with Crippen molar-refractivity contribution in [3.63, 3.8) is 0 Å². The number of nitro groups is 1. The molecule has 0 aliphatic rings. The van der Waals surface area contributed by atoms with E-state index in [9.17, 15) is 10.1 Å². The molecule has 0 saturated heterocycles. The van der Waals surface area contributed by atoms with Gasteiger partial charge in [0, 0.05) is 17.8 Å². The van der Waals surface area contributed by atoms with Gasteiger partial charge < -0.3 is 0 Å². The Kier molecular flexibility index (Phi) is 9.51. The van der Waals surface area contributed by atoms with Crippen molar-refractivity contribution < 1.29 is 4.92 Å². The van der Waals surface area contributed by atoms with Crippen LogP contribution in [-0.2, 0) is 6.42 Å². The molecule has 0 aliphatic heterocycles. The summed E-state index contributed by atoms with van der Waals surface area (Å²) in [7, 11) is 0. The summed E-state index contributed by atoms with van der Waals surface area (Å²) in [5.41, 5.74) is 1.20. The second-order valence-electron chi connectivity index (χ2n) is 5.87. The van der Waals surface area contributed by atoms with E-state index in [1.807, 2.05) is 30.3 Å². The third-order valence-electron chi connectivity index (χ3n) is 4.05. The molecule has 0 aliphatic carbocycles. The average Bonchev–Trinajstić information content (AvgIpc) is 2.50. The molecule has 21 heavy (non-hydrogen) atoms. The van der Waals surface area contributed by atoms with E-state index >= 15 is 0 Å². The fourth-order valence-electron chi connectivity index (χ4n) is 2.67. The maximum Gasteiger partial charge on any atom is 0.213 e. The normalized spacial score (nSPS) is 12.2. The predicted molar refractivity (Wildman–Crippen MR) is 88.2 cm³/mol. The molecule has 1 rings (SSSR count). The minimum absolute atomic E-state index is 0.0833. The van der Waals surface area contributed by atoms with Crippen molar-refractivity contribution in [1.82, 2.24) is 0 Å². The van der Waals surface area contributed by atoms with Gasteiger partial charge in [-0.1, -0.05) is 75.8 Å². The fourth-order valence-corrected chi connectivity index (χ4v) is 2.67. The summed E-state index contributed by atoms with van der Waals surface area (Å²) in [6, 6.07) is 9.68. The monoisotopic (exact) mass is 291 g/mol. The van der Waals surface area contributed by atoms with Crippen LogP contribution < -0.4 is 0 Å². The zero-order valence-corrected chi connectivity index (χ0v) is 13.3. The van der Waals surface area contributed by atoms with Crippen LogP contribution in [0.3, 0.4) is 0 Å². The minimum Gasteiger partial charge on any atom is -0.264 e. The van der Waals surface area contributed by atoms with Crippen LogP contribution in [0.4, 0.5) is 0 Å². The molecule has 3 nitrogen and oxygen atoms in total. The molecule has 118 valence electrons. The van der Waals surface area contributed by atoms with Crippen LogP contribution >= 0.6 is 0 Å². The molecule has 0 N–H and O–H groups in total. The summed E-state index contributed by atoms with van der Waals surface area (Å²) in [5, 5.41) is 11.1. The van der Waals surface area contributed by atoms with Crippen molar-refractivity contribution >= 4 is 0 Å². The summed E-state index contributed by atoms with van der Waals surface area (Å²) in [4.78, 5) is 11.0. The average molecular weight is 291 g/mol. The highest BCUT2D eigenvalue weighted by atomic mass is 16.6. The number of nitrogens with zero attached hydrogens (tertiary/aromatic N) is 1. The lowest BCUT2D eigenvalue weighted by molar-refractivity contribution is -0.524. The highest BCUT2D eigenvalue weighted by Crippen LogP contribution is 2.15. The summed E-state index contributed by atoms with van der Waals surface area (Å²) in [6.07, 6.45) is 10.7. The first kappa shape index (κ1) is 17.7. The van der Waals surface area contributed by atoms with E-state index in [4.69, 9.17) is 0 Å². The first-order valence-corrected chi connectivity index (χ1v) is 8.41. The van der Waals surface area contributed by atoms with Gasteiger partial charge in [0.2, 0.25) is 6.04 Å². The zero-order valence-electron chi connectivity index (χ0n) is 13.3. The molecule has 0 fully saturated rings. The lowest BCUT2D eigenvalue weighted by atomic mass is 10.00. The molecule has 3 heteroatoms. The minimum atomic E-state index is -0.374. The summed E-state index contributed by atoms with van der Waals surface area (Å²) in [6.45, 7) is 2.22. The van der Waals surface area contributed by atoms with E-state index in [0.29, 0.717) is 6.42 Å². The molecular weight excluding hydrogens is 262 g/mol. The molecule has 0 spiro atoms. The van der Waals surface area contributed by atoms with E-state index < -0.39 is 0 Å². The number of aryl methyl sites for hydroxylation is 1. The summed E-state index contributed by atoms with van der Waals surface area (Å²) < 4.78 is 0. The Labute approximate surface area is 128 Å². The predicted octanol–water partition coefficient (Wildman–Crippen LogP) is 5.41. The Hall–Kier alpha value is -1.38. The van der Waals surface area contributed by atoms with Crippen LogP contribution in [0.15, 0.2) is 30.3 Å². The van der Waals surface area contributed by atoms with Gasteiger partial charge in [0.1, 0.15) is 0 Å². The topological polar surface area (TPSA) is 43.1 Å². The van der Waals surface area contributed by atoms with Crippen molar-refractivity contribution in [1.29, 1.82) is 0 Å². The van der Waals surface area contributed by atoms with Crippen LogP contribution in [-0.4, -0.2) is 11.0 Å². The fraction of sp³-hybridized carbons (Fsp3) is 0.667. The van der Waals surface area contributed by atoms with Crippen LogP contribution in [0.2, 0.25) is 0 Å². The maximum atomic E-state index is 11.1. The van der Waals surface area contributed by atoms with Gasteiger partial charge in [-0.15, -0.1) is 0 Å². The zero-order chi connectivity index (χ0) is 15.3. The van der Waals surface area contributed by atoms with Gasteiger partial charge in [-0.3, -0.25) is 10.1 Å². The summed E-state index contributed by atoms with van der Waals surface area (Å²) in [5.74, 6) is 0. The first-order chi connectivity index (χ1) is 10.2. The number of unbranched alkanes of at least 4 members (excludes halogenated alkanes) is 6. The third-order valence-corrected chi connectivity index (χ3v) is 4.05. The maximum absolute atomic E-state index is 11.1. The Bertz CT molecular complexity index is 378. The van der Waals surface area contributed by atoms with Crippen molar-refractivity contribution in [3.8, 4) is 0 Å². The van der Waals surface area contributed by atoms with Gasteiger partial charge in [-0.2, -0.15) is 0 Å². The second-order valence-corrected chi connectivity index (χ2v) is 5.87. The van der Waals surface area contributed by atoms with Crippen LogP contribution in [0, 0.1) is 10.1 Å². The molecule has 1 atom stereocenters. The Morgan fingerprint density at radius 3 is 2.19 bits per heavy atom. The molecule has 0 bridgehead atoms. The molecule has 0 aromatic heterocycles. The van der Waals surface area contributed by atoms with E-state index in [2.05, 4.69) is 6.92 Å². The Morgan fingerprint density at radius 1 is 0.952 bits per heavy atom. The van der Waals surface area contributed by atoms with Crippen molar-refractivity contribution in [3.05, 3.63) is 46.0 Å². The molecule has 1 aromatic carbocycles. The SMILES string of the molecule is CCCCCCCCCC(CCc1ccccc1)[N+](=O)[O-]. The van der Waals surface area contributed by atoms with E-state index in [1.54, 1.807) is 0 Å². The Balaban J connectivity index is 2.17. The second kappa shape index (κ2) is 11.3. The van der Waals surface area contributed by atoms with E-state index in [1.165, 1.54) is 37.7 Å². The number of hydrogen-bond donors (Lipinski definition) is 0. The Morgan fingerprint density at radius 2 is 1.57 bits per heavy atom. The smallest absolute Gasteiger partial charge is 0.213 e. The van der Waals surface area contributed by atoms with Gasteiger partial charge in [0.05, 0.1) is 0 Å². The van der Waals surface area contributed by atoms with Crippen molar-refractivity contribution in [2.75, 3.05) is 0 Å². The van der Waals surface area contributed by atoms with Gasteiger partial charge in [0.15, 0.2) is 0 Å². The van der Waals surface area contributed by atoms with Crippen LogP contribution in [0.25, 0.3) is 0 Å². The van der Waals surface area contributed by atoms with Crippen LogP contribution in [0.5, 0.6) is 0 Å². The molecular formula is C18H29NO2. The van der Waals surface area contributed by atoms with E-state index in [-0.39, 0.29) is 11.0 Å². The van der Waals surface area contributed by atoms with Crippen LogP contribution in [0.1, 0.15) is 70.3 Å². The molecule has 1 unspecified atom stereocenters. The van der Waals surface area contributed by atoms with Gasteiger partial charge in [0.25, 0.3) is 0 Å². The van der Waals surface area contributed by atoms with Gasteiger partial charge in [-0.05, 0) is 18.4 Å². The van der Waals surface area contributed by atoms with Gasteiger partial charge >= 0.3 is 0 Å². The number of hydrogen-bond acceptors (Lipinski definition) is 2. The third kappa shape index (κ3) is 8.49. The standard InChI is InChI=1S/C18H29NO2/c1-2-3-4-5-6-7-11-14-18(19(20)21)16-15-17-12-9-8-10-13-17/h8-10,12-13,18H,2-7,11,14-16H2,1H3. The van der Waals surface area contributed by atoms with Crippen molar-refractivity contribution in [2.45, 2.75) is 77.2 Å². The highest BCUT2D eigenvalue weighted by Gasteiger charge is 2.18. The highest BCUT2D eigenvalue weighted by molar-refractivity contribution is 5.14.